The lowest BCUT2D eigenvalue weighted by atomic mass is 10.1. The van der Waals surface area contributed by atoms with Crippen molar-refractivity contribution in [2.45, 2.75) is 50.9 Å². The number of aryl methyl sites for hydroxylation is 1. The maximum absolute atomic E-state index is 12.7. The molecule has 0 aliphatic heterocycles. The number of rotatable bonds is 14. The van der Waals surface area contributed by atoms with Crippen molar-refractivity contribution in [2.75, 3.05) is 51.9 Å². The monoisotopic (exact) mass is 622 g/mol. The molecule has 0 saturated carbocycles. The molecule has 2 aromatic rings. The topological polar surface area (TPSA) is 197 Å². The van der Waals surface area contributed by atoms with Crippen molar-refractivity contribution in [1.29, 1.82) is 0 Å². The molecular formula is C26H38ClF3N6O6. The number of aliphatic hydroxyl groups is 2. The van der Waals surface area contributed by atoms with Gasteiger partial charge in [-0.3, -0.25) is 4.79 Å². The number of nitrogens with one attached hydrogen (secondary N) is 1. The summed E-state index contributed by atoms with van der Waals surface area (Å²) in [6, 6.07) is 7.96. The molecule has 12 nitrogen and oxygen atoms in total. The number of amides is 1. The summed E-state index contributed by atoms with van der Waals surface area (Å²) in [6.07, 6.45) is -2.27. The molecule has 7 N–H and O–H groups in total. The summed E-state index contributed by atoms with van der Waals surface area (Å²) in [6.45, 7) is 3.25. The Kier molecular flexibility index (Phi) is 14.7. The highest BCUT2D eigenvalue weighted by Gasteiger charge is 2.29. The van der Waals surface area contributed by atoms with Crippen LogP contribution in [0.1, 0.15) is 42.2 Å². The van der Waals surface area contributed by atoms with E-state index in [1.807, 2.05) is 24.3 Å². The molecule has 1 heterocycles. The van der Waals surface area contributed by atoms with Crippen LogP contribution in [0.15, 0.2) is 24.3 Å². The third-order valence-corrected chi connectivity index (χ3v) is 6.51. The number of nitrogen functional groups attached to an aromatic ring is 2. The molecule has 0 spiro atoms. The molecule has 0 fully saturated rings. The SMILES string of the molecule is CCC[C@@H](CNC(=O)c1nc(Cl)c(N)nc1N)[N+](C)(C)CCCc1ccc(OC[C@@H](O)CO)cc1.O=C([O-])C(F)(F)F. The molecule has 0 aliphatic rings. The molecule has 0 aliphatic carbocycles. The number of benzene rings is 1. The summed E-state index contributed by atoms with van der Waals surface area (Å²) in [4.78, 5) is 29.3. The van der Waals surface area contributed by atoms with Gasteiger partial charge in [-0.15, -0.1) is 0 Å². The van der Waals surface area contributed by atoms with Gasteiger partial charge in [0.1, 0.15) is 30.5 Å². The van der Waals surface area contributed by atoms with Gasteiger partial charge in [0.25, 0.3) is 5.91 Å². The lowest BCUT2D eigenvalue weighted by Gasteiger charge is -2.38. The summed E-state index contributed by atoms with van der Waals surface area (Å²) in [5.74, 6) is -2.83. The number of quaternary nitrogens is 1. The van der Waals surface area contributed by atoms with Crippen LogP contribution in [0.2, 0.25) is 5.15 Å². The van der Waals surface area contributed by atoms with Crippen LogP contribution in [0.5, 0.6) is 5.75 Å². The predicted octanol–water partition coefficient (Wildman–Crippen LogP) is 0.933. The standard InChI is InChI=1S/C24H37ClN6O4.C2HF3O2/c1-4-6-17(13-28-24(34)20-22(26)30-23(27)21(25)29-20)31(2,3)12-5-7-16-8-10-19(11-9-16)35-15-18(33)14-32;3-2(4,5)1(6)7/h8-11,17-18,32-33H,4-7,12-15H2,1-3H3,(H4-,26,27,28,30,34);(H,6,7)/t17-,18-;/m0./s1. The number of aromatic nitrogens is 2. The first-order valence-corrected chi connectivity index (χ1v) is 13.4. The summed E-state index contributed by atoms with van der Waals surface area (Å²) in [7, 11) is 4.34. The number of anilines is 2. The van der Waals surface area contributed by atoms with Gasteiger partial charge >= 0.3 is 6.18 Å². The van der Waals surface area contributed by atoms with Gasteiger partial charge in [0.05, 0.1) is 33.8 Å². The van der Waals surface area contributed by atoms with Crippen LogP contribution in [0.4, 0.5) is 24.8 Å². The average molecular weight is 623 g/mol. The van der Waals surface area contributed by atoms with Crippen molar-refractivity contribution in [1.82, 2.24) is 15.3 Å². The number of carboxylic acid groups (broad SMARTS) is 1. The summed E-state index contributed by atoms with van der Waals surface area (Å²) < 4.78 is 37.7. The summed E-state index contributed by atoms with van der Waals surface area (Å²) in [5.41, 5.74) is 12.6. The molecule has 2 atom stereocenters. The Labute approximate surface area is 247 Å². The number of carboxylic acids is 1. The van der Waals surface area contributed by atoms with Crippen molar-refractivity contribution < 1.29 is 47.3 Å². The molecular weight excluding hydrogens is 585 g/mol. The van der Waals surface area contributed by atoms with Gasteiger partial charge in [-0.1, -0.05) is 37.1 Å². The highest BCUT2D eigenvalue weighted by Crippen LogP contribution is 2.19. The number of nitrogens with zero attached hydrogens (tertiary/aromatic N) is 3. The van der Waals surface area contributed by atoms with Crippen molar-refractivity contribution in [3.05, 3.63) is 40.7 Å². The van der Waals surface area contributed by atoms with Gasteiger partial charge in [-0.25, -0.2) is 9.97 Å². The number of hydrogen-bond acceptors (Lipinski definition) is 10. The minimum atomic E-state index is -5.19. The van der Waals surface area contributed by atoms with Gasteiger partial charge in [0.15, 0.2) is 22.5 Å². The molecule has 1 aromatic heterocycles. The van der Waals surface area contributed by atoms with Crippen LogP contribution in [0, 0.1) is 0 Å². The van der Waals surface area contributed by atoms with Crippen molar-refractivity contribution >= 4 is 35.1 Å². The molecule has 0 saturated heterocycles. The lowest BCUT2D eigenvalue weighted by molar-refractivity contribution is -0.914. The van der Waals surface area contributed by atoms with E-state index in [2.05, 4.69) is 36.3 Å². The zero-order valence-electron chi connectivity index (χ0n) is 23.7. The quantitative estimate of drug-likeness (QED) is 0.189. The molecule has 2 rings (SSSR count). The van der Waals surface area contributed by atoms with E-state index < -0.39 is 24.2 Å². The molecule has 1 aromatic carbocycles. The lowest BCUT2D eigenvalue weighted by Crippen LogP contribution is -2.54. The van der Waals surface area contributed by atoms with Crippen LogP contribution < -0.4 is 26.6 Å². The number of aliphatic hydroxyl groups excluding tert-OH is 2. The van der Waals surface area contributed by atoms with E-state index in [9.17, 15) is 23.1 Å². The minimum absolute atomic E-state index is 0.00922. The van der Waals surface area contributed by atoms with Crippen molar-refractivity contribution in [3.63, 3.8) is 0 Å². The highest BCUT2D eigenvalue weighted by atomic mass is 35.5. The summed E-state index contributed by atoms with van der Waals surface area (Å²) in [5, 5.41) is 29.9. The Balaban J connectivity index is 0.00000112. The molecule has 236 valence electrons. The second kappa shape index (κ2) is 16.9. The third kappa shape index (κ3) is 12.6. The Morgan fingerprint density at radius 3 is 2.29 bits per heavy atom. The number of ether oxygens (including phenoxy) is 1. The normalized spacial score (nSPS) is 13.0. The fourth-order valence-corrected chi connectivity index (χ4v) is 3.93. The predicted molar refractivity (Wildman–Crippen MR) is 148 cm³/mol. The molecule has 0 unspecified atom stereocenters. The number of halogens is 4. The second-order valence-electron chi connectivity index (χ2n) is 9.97. The Hall–Kier alpha value is -3.40. The van der Waals surface area contributed by atoms with E-state index in [4.69, 9.17) is 42.8 Å². The van der Waals surface area contributed by atoms with Crippen LogP contribution >= 0.6 is 11.6 Å². The maximum Gasteiger partial charge on any atom is 0.430 e. The zero-order chi connectivity index (χ0) is 32.1. The first-order chi connectivity index (χ1) is 19.5. The first kappa shape index (κ1) is 36.6. The van der Waals surface area contributed by atoms with E-state index in [0.29, 0.717) is 12.3 Å². The Morgan fingerprint density at radius 2 is 1.76 bits per heavy atom. The number of carbonyl (C=O) groups is 2. The fourth-order valence-electron chi connectivity index (χ4n) is 3.81. The van der Waals surface area contributed by atoms with Crippen LogP contribution in [0.25, 0.3) is 0 Å². The maximum atomic E-state index is 12.7. The molecule has 0 bridgehead atoms. The Morgan fingerprint density at radius 1 is 1.17 bits per heavy atom. The van der Waals surface area contributed by atoms with Gasteiger partial charge in [-0.05, 0) is 24.1 Å². The number of hydrogen-bond donors (Lipinski definition) is 5. The van der Waals surface area contributed by atoms with Crippen LogP contribution in [-0.2, 0) is 11.2 Å². The van der Waals surface area contributed by atoms with Crippen LogP contribution in [-0.4, -0.2) is 95.3 Å². The van der Waals surface area contributed by atoms with Gasteiger partial charge in [-0.2, -0.15) is 13.2 Å². The molecule has 42 heavy (non-hydrogen) atoms. The highest BCUT2D eigenvalue weighted by molar-refractivity contribution is 6.31. The number of likely N-dealkylation sites (N-methyl/N-ethyl adjacent to an activating group) is 1. The minimum Gasteiger partial charge on any atom is -0.542 e. The number of alkyl halides is 3. The van der Waals surface area contributed by atoms with E-state index in [0.717, 1.165) is 36.7 Å². The van der Waals surface area contributed by atoms with E-state index >= 15 is 0 Å². The third-order valence-electron chi connectivity index (χ3n) is 6.24. The van der Waals surface area contributed by atoms with E-state index in [-0.39, 0.29) is 41.7 Å². The molecule has 16 heteroatoms. The Bertz CT molecular complexity index is 1150. The van der Waals surface area contributed by atoms with E-state index in [1.54, 1.807) is 0 Å². The summed E-state index contributed by atoms with van der Waals surface area (Å²) >= 11 is 5.90. The van der Waals surface area contributed by atoms with Gasteiger partial charge in [0.2, 0.25) is 0 Å². The van der Waals surface area contributed by atoms with Gasteiger partial charge in [0, 0.05) is 12.8 Å². The molecule has 0 radical (unpaired) electrons. The second-order valence-corrected chi connectivity index (χ2v) is 10.3. The molecule has 1 amide bonds. The first-order valence-electron chi connectivity index (χ1n) is 13.0. The smallest absolute Gasteiger partial charge is 0.430 e. The average Bonchev–Trinajstić information content (AvgIpc) is 2.91. The van der Waals surface area contributed by atoms with E-state index in [1.165, 1.54) is 5.56 Å². The van der Waals surface area contributed by atoms with Gasteiger partial charge < -0.3 is 46.1 Å². The number of aliphatic carboxylic acids is 1. The number of carbonyl (C=O) groups excluding carboxylic acids is 2. The number of nitrogens with two attached hydrogens (primary N) is 2. The van der Waals surface area contributed by atoms with Crippen LogP contribution in [0.3, 0.4) is 0 Å². The fraction of sp³-hybridized carbons (Fsp3) is 0.538. The largest absolute Gasteiger partial charge is 0.542 e. The zero-order valence-corrected chi connectivity index (χ0v) is 24.4. The van der Waals surface area contributed by atoms with Crippen molar-refractivity contribution in [2.24, 2.45) is 0 Å². The van der Waals surface area contributed by atoms with Crippen molar-refractivity contribution in [3.8, 4) is 5.75 Å².